The number of aryl methyl sites for hydroxylation is 2. The lowest BCUT2D eigenvalue weighted by Crippen LogP contribution is -2.25. The number of halogens is 1. The van der Waals surface area contributed by atoms with Crippen molar-refractivity contribution in [3.05, 3.63) is 161 Å². The number of benzene rings is 4. The number of carboxylic acid groups (broad SMARTS) is 2. The van der Waals surface area contributed by atoms with E-state index in [1.807, 2.05) is 18.2 Å². The summed E-state index contributed by atoms with van der Waals surface area (Å²) in [6, 6.07) is 24.2. The monoisotopic (exact) mass is 694 g/mol. The highest BCUT2D eigenvalue weighted by molar-refractivity contribution is 6.31. The van der Waals surface area contributed by atoms with Crippen LogP contribution in [0, 0.1) is 13.8 Å². The minimum atomic E-state index is -1.15. The van der Waals surface area contributed by atoms with Gasteiger partial charge in [-0.3, -0.25) is 19.8 Å². The van der Waals surface area contributed by atoms with Crippen molar-refractivity contribution in [2.45, 2.75) is 26.4 Å². The van der Waals surface area contributed by atoms with E-state index in [0.29, 0.717) is 33.5 Å². The molecule has 0 aliphatic rings. The fourth-order valence-electron chi connectivity index (χ4n) is 5.95. The van der Waals surface area contributed by atoms with Crippen molar-refractivity contribution in [2.75, 3.05) is 7.11 Å². The first-order valence-electron chi connectivity index (χ1n) is 15.3. The molecular formula is C37H31ClN4O8. The van der Waals surface area contributed by atoms with Crippen LogP contribution in [-0.2, 0) is 6.61 Å². The van der Waals surface area contributed by atoms with Gasteiger partial charge < -0.3 is 19.7 Å². The van der Waals surface area contributed by atoms with Crippen molar-refractivity contribution in [1.29, 1.82) is 0 Å². The number of nitrogens with zero attached hydrogens (tertiary/aromatic N) is 2. The van der Waals surface area contributed by atoms with Crippen LogP contribution in [0.5, 0.6) is 11.5 Å². The van der Waals surface area contributed by atoms with Gasteiger partial charge in [0.25, 0.3) is 11.1 Å². The number of hydrogen-bond acceptors (Lipinski definition) is 6. The van der Waals surface area contributed by atoms with Crippen molar-refractivity contribution in [2.24, 2.45) is 0 Å². The van der Waals surface area contributed by atoms with E-state index in [0.717, 1.165) is 5.56 Å². The van der Waals surface area contributed by atoms with Crippen LogP contribution >= 0.6 is 11.6 Å². The summed E-state index contributed by atoms with van der Waals surface area (Å²) < 4.78 is 14.3. The Hall–Kier alpha value is -6.27. The number of methoxy groups -OCH3 is 1. The topological polar surface area (TPSA) is 169 Å². The zero-order valence-corrected chi connectivity index (χ0v) is 27.8. The molecule has 0 aliphatic heterocycles. The van der Waals surface area contributed by atoms with Gasteiger partial charge in [0.2, 0.25) is 0 Å². The van der Waals surface area contributed by atoms with E-state index in [1.54, 1.807) is 50.2 Å². The molecule has 0 aliphatic carbocycles. The Morgan fingerprint density at radius 2 is 1.28 bits per heavy atom. The van der Waals surface area contributed by atoms with Gasteiger partial charge in [-0.2, -0.15) is 0 Å². The number of carbonyl (C=O) groups is 2. The average molecular weight is 695 g/mol. The minimum Gasteiger partial charge on any atom is -0.493 e. The fourth-order valence-corrected chi connectivity index (χ4v) is 6.14. The lowest BCUT2D eigenvalue weighted by molar-refractivity contribution is 0.0686. The largest absolute Gasteiger partial charge is 0.493 e. The van der Waals surface area contributed by atoms with E-state index in [9.17, 15) is 29.4 Å². The molecule has 0 spiro atoms. The maximum Gasteiger partial charge on any atom is 0.335 e. The molecule has 6 aromatic rings. The zero-order valence-electron chi connectivity index (χ0n) is 27.1. The molecule has 6 rings (SSSR count). The van der Waals surface area contributed by atoms with Crippen LogP contribution in [0.4, 0.5) is 0 Å². The maximum absolute atomic E-state index is 14.3. The molecule has 0 atom stereocenters. The number of ether oxygens (including phenoxy) is 2. The van der Waals surface area contributed by atoms with Gasteiger partial charge in [0, 0.05) is 27.9 Å². The van der Waals surface area contributed by atoms with E-state index in [1.165, 1.54) is 52.9 Å². The molecule has 4 aromatic carbocycles. The number of rotatable bonds is 11. The predicted molar refractivity (Wildman–Crippen MR) is 186 cm³/mol. The first kappa shape index (κ1) is 33.6. The van der Waals surface area contributed by atoms with E-state index in [-0.39, 0.29) is 40.2 Å². The second kappa shape index (κ2) is 13.7. The molecular weight excluding hydrogens is 664 g/mol. The molecule has 0 saturated heterocycles. The molecule has 0 saturated carbocycles. The van der Waals surface area contributed by atoms with Crippen molar-refractivity contribution in [3.63, 3.8) is 0 Å². The maximum atomic E-state index is 14.3. The SMILES string of the molecule is COc1cc(C(c2c(C)[nH]n(-c3cccc(C(=O)O)c3)c2=O)c2c(C)[nH]n(-c3cccc(C(=O)O)c3)c2=O)ccc1OCc1ccccc1Cl. The van der Waals surface area contributed by atoms with Gasteiger partial charge in [-0.05, 0) is 74.0 Å². The summed E-state index contributed by atoms with van der Waals surface area (Å²) in [6.07, 6.45) is 0. The summed E-state index contributed by atoms with van der Waals surface area (Å²) >= 11 is 6.33. The van der Waals surface area contributed by atoms with Crippen LogP contribution in [-0.4, -0.2) is 48.8 Å². The summed E-state index contributed by atoms with van der Waals surface area (Å²) in [6.45, 7) is 3.54. The Balaban J connectivity index is 1.53. The molecule has 0 amide bonds. The first-order chi connectivity index (χ1) is 24.0. The lowest BCUT2D eigenvalue weighted by Gasteiger charge is -2.19. The number of H-pyrrole nitrogens is 2. The number of aromatic nitrogens is 4. The molecule has 2 heterocycles. The molecule has 50 heavy (non-hydrogen) atoms. The molecule has 0 radical (unpaired) electrons. The second-order valence-electron chi connectivity index (χ2n) is 11.5. The van der Waals surface area contributed by atoms with Crippen molar-refractivity contribution >= 4 is 23.5 Å². The van der Waals surface area contributed by atoms with E-state index in [4.69, 9.17) is 21.1 Å². The normalized spacial score (nSPS) is 11.1. The Morgan fingerprint density at radius 3 is 1.78 bits per heavy atom. The van der Waals surface area contributed by atoms with Crippen LogP contribution in [0.1, 0.15) is 60.3 Å². The highest BCUT2D eigenvalue weighted by Crippen LogP contribution is 2.38. The predicted octanol–water partition coefficient (Wildman–Crippen LogP) is 6.08. The third-order valence-electron chi connectivity index (χ3n) is 8.38. The number of aromatic carboxylic acids is 2. The van der Waals surface area contributed by atoms with Crippen LogP contribution in [0.15, 0.2) is 101 Å². The van der Waals surface area contributed by atoms with E-state index >= 15 is 0 Å². The second-order valence-corrected chi connectivity index (χ2v) is 11.9. The van der Waals surface area contributed by atoms with E-state index < -0.39 is 29.0 Å². The van der Waals surface area contributed by atoms with Gasteiger partial charge in [0.05, 0.1) is 40.7 Å². The smallest absolute Gasteiger partial charge is 0.335 e. The number of nitrogens with one attached hydrogen (secondary N) is 2. The molecule has 4 N–H and O–H groups in total. The summed E-state index contributed by atoms with van der Waals surface area (Å²) in [5.41, 5.74) is 2.14. The summed E-state index contributed by atoms with van der Waals surface area (Å²) in [5, 5.41) is 25.8. The zero-order chi connectivity index (χ0) is 35.7. The molecule has 13 heteroatoms. The molecule has 0 fully saturated rings. The van der Waals surface area contributed by atoms with Gasteiger partial charge in [0.15, 0.2) is 11.5 Å². The van der Waals surface area contributed by atoms with E-state index in [2.05, 4.69) is 10.2 Å². The van der Waals surface area contributed by atoms with Gasteiger partial charge in [-0.15, -0.1) is 0 Å². The standard InChI is InChI=1S/C37H31ClN4O8/c1-20-31(34(43)41(39-20)26-11-6-9-23(16-26)36(45)46)33(32-21(2)40-42(35(32)44)27-12-7-10-24(17-27)37(47)48)22-14-15-29(30(18-22)49-3)50-19-25-8-4-5-13-28(25)38/h4-18,33,39-40H,19H2,1-3H3,(H,45,46)(H,47,48). The minimum absolute atomic E-state index is 0.00942. The quantitative estimate of drug-likeness (QED) is 0.127. The van der Waals surface area contributed by atoms with Gasteiger partial charge in [-0.1, -0.05) is 48.0 Å². The van der Waals surface area contributed by atoms with Gasteiger partial charge in [-0.25, -0.2) is 19.0 Å². The summed E-state index contributed by atoms with van der Waals surface area (Å²) in [5.74, 6) is -2.54. The third kappa shape index (κ3) is 6.31. The summed E-state index contributed by atoms with van der Waals surface area (Å²) in [7, 11) is 1.48. The Labute approximate surface area is 289 Å². The fraction of sp³-hybridized carbons (Fsp3) is 0.135. The highest BCUT2D eigenvalue weighted by atomic mass is 35.5. The van der Waals surface area contributed by atoms with Gasteiger partial charge >= 0.3 is 11.9 Å². The molecule has 12 nitrogen and oxygen atoms in total. The molecule has 0 unspecified atom stereocenters. The van der Waals surface area contributed by atoms with Gasteiger partial charge in [0.1, 0.15) is 6.61 Å². The Bertz CT molecular complexity index is 2270. The molecule has 0 bridgehead atoms. The average Bonchev–Trinajstić information content (AvgIpc) is 3.58. The third-order valence-corrected chi connectivity index (χ3v) is 8.74. The van der Waals surface area contributed by atoms with Crippen LogP contribution < -0.4 is 20.6 Å². The first-order valence-corrected chi connectivity index (χ1v) is 15.7. The van der Waals surface area contributed by atoms with Crippen LogP contribution in [0.3, 0.4) is 0 Å². The Morgan fingerprint density at radius 1 is 0.740 bits per heavy atom. The number of hydrogen-bond donors (Lipinski definition) is 4. The summed E-state index contributed by atoms with van der Waals surface area (Å²) in [4.78, 5) is 52.1. The van der Waals surface area contributed by atoms with Crippen LogP contribution in [0.25, 0.3) is 11.4 Å². The molecule has 254 valence electrons. The Kier molecular flexibility index (Phi) is 9.20. The van der Waals surface area contributed by atoms with Crippen LogP contribution in [0.2, 0.25) is 5.02 Å². The molecule has 2 aromatic heterocycles. The highest BCUT2D eigenvalue weighted by Gasteiger charge is 2.32. The van der Waals surface area contributed by atoms with Crippen molar-refractivity contribution < 1.29 is 29.3 Å². The van der Waals surface area contributed by atoms with Crippen molar-refractivity contribution in [3.8, 4) is 22.9 Å². The number of carboxylic acids is 2. The van der Waals surface area contributed by atoms with Crippen molar-refractivity contribution in [1.82, 2.24) is 19.6 Å². The number of aromatic amines is 2. The lowest BCUT2D eigenvalue weighted by atomic mass is 9.85.